The zero-order valence-corrected chi connectivity index (χ0v) is 10.00. The molecule has 0 atom stereocenters. The summed E-state index contributed by atoms with van der Waals surface area (Å²) in [6, 6.07) is 1.82. The van der Waals surface area contributed by atoms with Crippen LogP contribution in [0.15, 0.2) is 18.3 Å². The first-order valence-electron chi connectivity index (χ1n) is 5.84. The van der Waals surface area contributed by atoms with Crippen LogP contribution in [0.4, 0.5) is 13.2 Å². The Morgan fingerprint density at radius 1 is 1.42 bits per heavy atom. The second kappa shape index (κ2) is 4.80. The lowest BCUT2D eigenvalue weighted by Crippen LogP contribution is -2.47. The van der Waals surface area contributed by atoms with Crippen LogP contribution in [0.5, 0.6) is 0 Å². The number of halogens is 3. The maximum Gasteiger partial charge on any atom is 0.417 e. The summed E-state index contributed by atoms with van der Waals surface area (Å²) in [5.41, 5.74) is -1.88. The molecule has 104 valence electrons. The first-order chi connectivity index (χ1) is 8.80. The standard InChI is InChI=1S/C12H13F3N2O2/c13-12(14,15)8-2-3-9(16-6-8)10(18)17-7-11(19)4-1-5-11/h2-3,6,19H,1,4-5,7H2,(H,17,18). The highest BCUT2D eigenvalue weighted by atomic mass is 19.4. The SMILES string of the molecule is O=C(NCC1(O)CCC1)c1ccc(C(F)(F)F)cn1. The molecule has 0 radical (unpaired) electrons. The molecule has 0 aromatic carbocycles. The Kier molecular flexibility index (Phi) is 3.49. The molecule has 0 bridgehead atoms. The van der Waals surface area contributed by atoms with Gasteiger partial charge in [-0.3, -0.25) is 9.78 Å². The van der Waals surface area contributed by atoms with Crippen LogP contribution in [0.2, 0.25) is 0 Å². The maximum atomic E-state index is 12.3. The van der Waals surface area contributed by atoms with Gasteiger partial charge in [0.2, 0.25) is 0 Å². The summed E-state index contributed by atoms with van der Waals surface area (Å²) < 4.78 is 36.9. The lowest BCUT2D eigenvalue weighted by molar-refractivity contribution is -0.137. The van der Waals surface area contributed by atoms with Gasteiger partial charge in [0.05, 0.1) is 11.2 Å². The van der Waals surface area contributed by atoms with Gasteiger partial charge in [-0.1, -0.05) is 0 Å². The van der Waals surface area contributed by atoms with E-state index in [-0.39, 0.29) is 12.2 Å². The quantitative estimate of drug-likeness (QED) is 0.882. The number of hydrogen-bond acceptors (Lipinski definition) is 3. The van der Waals surface area contributed by atoms with Crippen LogP contribution in [0.1, 0.15) is 35.3 Å². The van der Waals surface area contributed by atoms with E-state index in [2.05, 4.69) is 10.3 Å². The summed E-state index contributed by atoms with van der Waals surface area (Å²) in [5, 5.41) is 12.2. The predicted octanol–water partition coefficient (Wildman–Crippen LogP) is 1.75. The molecule has 1 aliphatic carbocycles. The average Bonchev–Trinajstić information content (AvgIpc) is 2.33. The van der Waals surface area contributed by atoms with Crippen LogP contribution in [-0.2, 0) is 6.18 Å². The van der Waals surface area contributed by atoms with E-state index in [1.165, 1.54) is 0 Å². The number of nitrogens with zero attached hydrogens (tertiary/aromatic N) is 1. The molecule has 1 aliphatic rings. The molecule has 1 aromatic rings. The molecule has 0 aliphatic heterocycles. The van der Waals surface area contributed by atoms with Crippen LogP contribution in [0, 0.1) is 0 Å². The number of aliphatic hydroxyl groups is 1. The topological polar surface area (TPSA) is 62.2 Å². The van der Waals surface area contributed by atoms with Gasteiger partial charge in [0.25, 0.3) is 5.91 Å². The molecule has 0 saturated heterocycles. The molecule has 4 nitrogen and oxygen atoms in total. The van der Waals surface area contributed by atoms with Crippen molar-refractivity contribution >= 4 is 5.91 Å². The minimum atomic E-state index is -4.47. The van der Waals surface area contributed by atoms with Gasteiger partial charge in [0.15, 0.2) is 0 Å². The second-order valence-corrected chi connectivity index (χ2v) is 4.69. The van der Waals surface area contributed by atoms with E-state index in [0.29, 0.717) is 19.0 Å². The van der Waals surface area contributed by atoms with Crippen molar-refractivity contribution in [1.82, 2.24) is 10.3 Å². The number of rotatable bonds is 3. The Labute approximate surface area is 107 Å². The second-order valence-electron chi connectivity index (χ2n) is 4.69. The van der Waals surface area contributed by atoms with Gasteiger partial charge in [0, 0.05) is 12.7 Å². The molecule has 1 amide bonds. The molecule has 0 unspecified atom stereocenters. The zero-order chi connectivity index (χ0) is 14.1. The van der Waals surface area contributed by atoms with Gasteiger partial charge < -0.3 is 10.4 Å². The van der Waals surface area contributed by atoms with Crippen LogP contribution in [0.25, 0.3) is 0 Å². The maximum absolute atomic E-state index is 12.3. The number of amides is 1. The molecule has 0 spiro atoms. The first-order valence-corrected chi connectivity index (χ1v) is 5.84. The van der Waals surface area contributed by atoms with Crippen molar-refractivity contribution in [2.75, 3.05) is 6.54 Å². The van der Waals surface area contributed by atoms with Crippen molar-refractivity contribution in [3.63, 3.8) is 0 Å². The number of carbonyl (C=O) groups is 1. The van der Waals surface area contributed by atoms with Crippen molar-refractivity contribution in [3.05, 3.63) is 29.6 Å². The molecule has 1 aromatic heterocycles. The number of nitrogens with one attached hydrogen (secondary N) is 1. The summed E-state index contributed by atoms with van der Waals surface area (Å²) in [5.74, 6) is -0.589. The molecule has 19 heavy (non-hydrogen) atoms. The molecule has 1 heterocycles. The fraction of sp³-hybridized carbons (Fsp3) is 0.500. The van der Waals surface area contributed by atoms with Gasteiger partial charge in [-0.05, 0) is 31.4 Å². The van der Waals surface area contributed by atoms with Crippen LogP contribution < -0.4 is 5.32 Å². The van der Waals surface area contributed by atoms with E-state index < -0.39 is 23.2 Å². The molecular formula is C12H13F3N2O2. The normalized spacial score (nSPS) is 17.7. The highest BCUT2D eigenvalue weighted by Crippen LogP contribution is 2.31. The van der Waals surface area contributed by atoms with Gasteiger partial charge in [0.1, 0.15) is 5.69 Å². The third-order valence-electron chi connectivity index (χ3n) is 3.19. The molecule has 7 heteroatoms. The zero-order valence-electron chi connectivity index (χ0n) is 10.00. The highest BCUT2D eigenvalue weighted by molar-refractivity contribution is 5.92. The minimum absolute atomic E-state index is 0.0918. The molecular weight excluding hydrogens is 261 g/mol. The van der Waals surface area contributed by atoms with Crippen molar-refractivity contribution in [3.8, 4) is 0 Å². The van der Waals surface area contributed by atoms with Crippen molar-refractivity contribution in [1.29, 1.82) is 0 Å². The van der Waals surface area contributed by atoms with Crippen molar-refractivity contribution in [2.24, 2.45) is 0 Å². The molecule has 1 fully saturated rings. The summed E-state index contributed by atoms with van der Waals surface area (Å²) in [6.45, 7) is 0.0918. The van der Waals surface area contributed by atoms with Gasteiger partial charge in [-0.2, -0.15) is 13.2 Å². The monoisotopic (exact) mass is 274 g/mol. The lowest BCUT2D eigenvalue weighted by atomic mass is 9.80. The number of carbonyl (C=O) groups excluding carboxylic acids is 1. The fourth-order valence-corrected chi connectivity index (χ4v) is 1.79. The van der Waals surface area contributed by atoms with E-state index in [9.17, 15) is 23.1 Å². The van der Waals surface area contributed by atoms with Crippen molar-refractivity contribution < 1.29 is 23.1 Å². The predicted molar refractivity (Wildman–Crippen MR) is 60.4 cm³/mol. The summed E-state index contributed by atoms with van der Waals surface area (Å²) in [7, 11) is 0. The third kappa shape index (κ3) is 3.23. The number of aromatic nitrogens is 1. The largest absolute Gasteiger partial charge is 0.417 e. The Hall–Kier alpha value is -1.63. The highest BCUT2D eigenvalue weighted by Gasteiger charge is 2.35. The smallest absolute Gasteiger partial charge is 0.388 e. The van der Waals surface area contributed by atoms with Crippen molar-refractivity contribution in [2.45, 2.75) is 31.0 Å². The molecule has 1 saturated carbocycles. The summed E-state index contributed by atoms with van der Waals surface area (Å²) >= 11 is 0. The van der Waals surface area contributed by atoms with Crippen LogP contribution in [0.3, 0.4) is 0 Å². The van der Waals surface area contributed by atoms with Gasteiger partial charge in [-0.25, -0.2) is 0 Å². The van der Waals surface area contributed by atoms with Crippen LogP contribution in [-0.4, -0.2) is 28.1 Å². The third-order valence-corrected chi connectivity index (χ3v) is 3.19. The molecule has 2 rings (SSSR count). The minimum Gasteiger partial charge on any atom is -0.388 e. The average molecular weight is 274 g/mol. The Morgan fingerprint density at radius 2 is 2.11 bits per heavy atom. The lowest BCUT2D eigenvalue weighted by Gasteiger charge is -2.36. The Balaban J connectivity index is 1.96. The van der Waals surface area contributed by atoms with E-state index in [0.717, 1.165) is 18.6 Å². The first kappa shape index (κ1) is 13.8. The van der Waals surface area contributed by atoms with E-state index in [4.69, 9.17) is 0 Å². The fourth-order valence-electron chi connectivity index (χ4n) is 1.79. The Morgan fingerprint density at radius 3 is 2.53 bits per heavy atom. The number of hydrogen-bond donors (Lipinski definition) is 2. The Bertz CT molecular complexity index is 467. The van der Waals surface area contributed by atoms with Gasteiger partial charge in [-0.15, -0.1) is 0 Å². The van der Waals surface area contributed by atoms with Crippen LogP contribution >= 0.6 is 0 Å². The number of alkyl halides is 3. The number of pyridine rings is 1. The van der Waals surface area contributed by atoms with E-state index >= 15 is 0 Å². The van der Waals surface area contributed by atoms with Gasteiger partial charge >= 0.3 is 6.18 Å². The van der Waals surface area contributed by atoms with E-state index in [1.807, 2.05) is 0 Å². The van der Waals surface area contributed by atoms with E-state index in [1.54, 1.807) is 0 Å². The summed E-state index contributed by atoms with van der Waals surface area (Å²) in [4.78, 5) is 15.1. The summed E-state index contributed by atoms with van der Waals surface area (Å²) in [6.07, 6.45) is -1.71. The molecule has 2 N–H and O–H groups in total.